The summed E-state index contributed by atoms with van der Waals surface area (Å²) in [6, 6.07) is 7.37. The van der Waals surface area contributed by atoms with E-state index >= 15 is 0 Å². The quantitative estimate of drug-likeness (QED) is 0.617. The van der Waals surface area contributed by atoms with Gasteiger partial charge in [-0.15, -0.1) is 0 Å². The first-order valence-corrected chi connectivity index (χ1v) is 6.14. The number of benzene rings is 1. The normalized spacial score (nSPS) is 16.1. The predicted molar refractivity (Wildman–Crippen MR) is 74.3 cm³/mol. The molecule has 1 aliphatic carbocycles. The van der Waals surface area contributed by atoms with Crippen LogP contribution in [-0.2, 0) is 14.3 Å². The summed E-state index contributed by atoms with van der Waals surface area (Å²) in [7, 11) is 0. The number of Topliss-reactive ketones (excluding diaryl/α,β-unsaturated/α-hetero) is 1. The lowest BCUT2D eigenvalue weighted by atomic mass is 9.75. The molecule has 3 heteroatoms. The van der Waals surface area contributed by atoms with E-state index in [0.29, 0.717) is 11.1 Å². The summed E-state index contributed by atoms with van der Waals surface area (Å²) in [4.78, 5) is 24.5. The second-order valence-corrected chi connectivity index (χ2v) is 4.53. The number of carbonyl (C=O) groups excluding carboxylic acids is 2. The van der Waals surface area contributed by atoms with E-state index < -0.39 is 11.4 Å². The molecule has 0 atom stereocenters. The first kappa shape index (κ1) is 13.3. The lowest BCUT2D eigenvalue weighted by Gasteiger charge is -2.26. The van der Waals surface area contributed by atoms with Gasteiger partial charge in [-0.3, -0.25) is 9.59 Å². The first-order valence-electron chi connectivity index (χ1n) is 6.14. The van der Waals surface area contributed by atoms with Gasteiger partial charge < -0.3 is 4.74 Å². The third-order valence-corrected chi connectivity index (χ3v) is 3.59. The maximum Gasteiger partial charge on any atom is 0.328 e. The van der Waals surface area contributed by atoms with Crippen molar-refractivity contribution in [1.82, 2.24) is 0 Å². The van der Waals surface area contributed by atoms with Crippen LogP contribution in [0.2, 0.25) is 0 Å². The monoisotopic (exact) mass is 256 g/mol. The van der Waals surface area contributed by atoms with Crippen LogP contribution in [0.1, 0.15) is 25.0 Å². The van der Waals surface area contributed by atoms with Gasteiger partial charge in [-0.25, -0.2) is 0 Å². The van der Waals surface area contributed by atoms with Crippen molar-refractivity contribution < 1.29 is 14.3 Å². The lowest BCUT2D eigenvalue weighted by Crippen LogP contribution is -2.38. The average molecular weight is 256 g/mol. The highest BCUT2D eigenvalue weighted by molar-refractivity contribution is 6.27. The molecule has 0 aliphatic heterocycles. The van der Waals surface area contributed by atoms with Crippen LogP contribution in [0.25, 0.3) is 11.1 Å². The molecule has 3 nitrogen and oxygen atoms in total. The molecule has 0 saturated carbocycles. The van der Waals surface area contributed by atoms with Crippen LogP contribution in [0.4, 0.5) is 0 Å². The Kier molecular flexibility index (Phi) is 3.14. The summed E-state index contributed by atoms with van der Waals surface area (Å²) < 4.78 is 5.08. The standard InChI is InChI=1S/C16H16O3/c1-5-19-15(18)16(12(4)17)10(2)13-8-6-7-9-14(13)11(16)3/h6-9H,2-3,5H2,1,4H3. The molecule has 0 fully saturated rings. The van der Waals surface area contributed by atoms with E-state index in [-0.39, 0.29) is 12.4 Å². The number of fused-ring (bicyclic) bond motifs is 1. The zero-order chi connectivity index (χ0) is 14.2. The number of hydrogen-bond acceptors (Lipinski definition) is 3. The number of esters is 1. The Morgan fingerprint density at radius 1 is 1.16 bits per heavy atom. The predicted octanol–water partition coefficient (Wildman–Crippen LogP) is 2.87. The Hall–Kier alpha value is -2.16. The fourth-order valence-electron chi connectivity index (χ4n) is 2.65. The zero-order valence-electron chi connectivity index (χ0n) is 11.2. The third kappa shape index (κ3) is 1.58. The Balaban J connectivity index is 2.67. The minimum Gasteiger partial charge on any atom is -0.465 e. The van der Waals surface area contributed by atoms with E-state index in [1.807, 2.05) is 24.3 Å². The minimum atomic E-state index is -1.46. The van der Waals surface area contributed by atoms with E-state index in [1.165, 1.54) is 6.92 Å². The Bertz CT molecular complexity index is 561. The van der Waals surface area contributed by atoms with Crippen molar-refractivity contribution in [3.8, 4) is 0 Å². The number of ketones is 1. The summed E-state index contributed by atoms with van der Waals surface area (Å²) in [5, 5.41) is 0. The molecule has 1 aromatic rings. The summed E-state index contributed by atoms with van der Waals surface area (Å²) in [6.07, 6.45) is 0. The highest BCUT2D eigenvalue weighted by atomic mass is 16.5. The van der Waals surface area contributed by atoms with Crippen LogP contribution in [0.3, 0.4) is 0 Å². The van der Waals surface area contributed by atoms with Crippen molar-refractivity contribution in [1.29, 1.82) is 0 Å². The zero-order valence-corrected chi connectivity index (χ0v) is 11.2. The molecule has 0 N–H and O–H groups in total. The van der Waals surface area contributed by atoms with Gasteiger partial charge in [0.15, 0.2) is 11.2 Å². The number of ether oxygens (including phenoxy) is 1. The fraction of sp³-hybridized carbons (Fsp3) is 0.250. The van der Waals surface area contributed by atoms with Crippen molar-refractivity contribution in [3.05, 3.63) is 48.6 Å². The average Bonchev–Trinajstić information content (AvgIpc) is 2.61. The van der Waals surface area contributed by atoms with Gasteiger partial charge >= 0.3 is 5.97 Å². The van der Waals surface area contributed by atoms with Crippen LogP contribution in [0, 0.1) is 5.41 Å². The minimum absolute atomic E-state index is 0.213. The molecule has 1 aromatic carbocycles. The molecule has 0 spiro atoms. The molecule has 0 heterocycles. The van der Waals surface area contributed by atoms with E-state index in [9.17, 15) is 9.59 Å². The molecular weight excluding hydrogens is 240 g/mol. The van der Waals surface area contributed by atoms with Gasteiger partial charge in [-0.2, -0.15) is 0 Å². The van der Waals surface area contributed by atoms with Gasteiger partial charge in [0.2, 0.25) is 0 Å². The molecule has 0 unspecified atom stereocenters. The molecule has 0 aromatic heterocycles. The maximum absolute atomic E-state index is 12.3. The van der Waals surface area contributed by atoms with Crippen molar-refractivity contribution in [2.45, 2.75) is 13.8 Å². The van der Waals surface area contributed by atoms with E-state index in [2.05, 4.69) is 13.2 Å². The molecule has 0 amide bonds. The Morgan fingerprint density at radius 3 is 2.00 bits per heavy atom. The molecule has 0 radical (unpaired) electrons. The third-order valence-electron chi connectivity index (χ3n) is 3.59. The molecule has 0 saturated heterocycles. The summed E-state index contributed by atoms with van der Waals surface area (Å²) in [6.45, 7) is 11.2. The molecule has 1 aliphatic rings. The summed E-state index contributed by atoms with van der Waals surface area (Å²) in [5.74, 6) is -0.897. The van der Waals surface area contributed by atoms with Gasteiger partial charge in [0.05, 0.1) is 6.61 Å². The second-order valence-electron chi connectivity index (χ2n) is 4.53. The summed E-state index contributed by atoms with van der Waals surface area (Å²) in [5.41, 5.74) is 1.03. The SMILES string of the molecule is C=C1c2ccccc2C(=C)C1(C(C)=O)C(=O)OCC. The maximum atomic E-state index is 12.3. The first-order chi connectivity index (χ1) is 8.97. The van der Waals surface area contributed by atoms with Crippen LogP contribution in [0.5, 0.6) is 0 Å². The van der Waals surface area contributed by atoms with Crippen LogP contribution in [0.15, 0.2) is 37.4 Å². The van der Waals surface area contributed by atoms with Crippen LogP contribution < -0.4 is 0 Å². The van der Waals surface area contributed by atoms with Crippen LogP contribution in [-0.4, -0.2) is 18.4 Å². The highest BCUT2D eigenvalue weighted by Gasteiger charge is 2.55. The van der Waals surface area contributed by atoms with Crippen molar-refractivity contribution in [2.24, 2.45) is 5.41 Å². The van der Waals surface area contributed by atoms with Crippen molar-refractivity contribution in [2.75, 3.05) is 6.61 Å². The molecule has 98 valence electrons. The molecule has 0 bridgehead atoms. The number of hydrogen-bond donors (Lipinski definition) is 0. The Morgan fingerprint density at radius 2 is 1.63 bits per heavy atom. The van der Waals surface area contributed by atoms with E-state index in [1.54, 1.807) is 6.92 Å². The molecule has 19 heavy (non-hydrogen) atoms. The van der Waals surface area contributed by atoms with Crippen molar-refractivity contribution >= 4 is 22.9 Å². The van der Waals surface area contributed by atoms with Gasteiger partial charge in [0, 0.05) is 0 Å². The van der Waals surface area contributed by atoms with Crippen molar-refractivity contribution in [3.63, 3.8) is 0 Å². The molecular formula is C16H16O3. The van der Waals surface area contributed by atoms with Gasteiger partial charge in [0.1, 0.15) is 0 Å². The fourth-order valence-corrected chi connectivity index (χ4v) is 2.65. The van der Waals surface area contributed by atoms with E-state index in [0.717, 1.165) is 11.1 Å². The lowest BCUT2D eigenvalue weighted by molar-refractivity contribution is -0.151. The van der Waals surface area contributed by atoms with Gasteiger partial charge in [-0.05, 0) is 36.1 Å². The van der Waals surface area contributed by atoms with Gasteiger partial charge in [0.25, 0.3) is 0 Å². The van der Waals surface area contributed by atoms with Crippen LogP contribution >= 0.6 is 0 Å². The molecule has 2 rings (SSSR count). The largest absolute Gasteiger partial charge is 0.465 e. The Labute approximate surface area is 112 Å². The topological polar surface area (TPSA) is 43.4 Å². The number of rotatable bonds is 3. The summed E-state index contributed by atoms with van der Waals surface area (Å²) >= 11 is 0. The van der Waals surface area contributed by atoms with Gasteiger partial charge in [-0.1, -0.05) is 37.4 Å². The number of carbonyl (C=O) groups is 2. The second kappa shape index (κ2) is 4.50. The highest BCUT2D eigenvalue weighted by Crippen LogP contribution is 2.54. The smallest absolute Gasteiger partial charge is 0.328 e. The van der Waals surface area contributed by atoms with E-state index in [4.69, 9.17) is 4.74 Å².